The number of benzene rings is 2. The number of aryl methyl sites for hydroxylation is 1. The predicted octanol–water partition coefficient (Wildman–Crippen LogP) is 4.73. The zero-order valence-corrected chi connectivity index (χ0v) is 20.7. The van der Waals surface area contributed by atoms with Crippen molar-refractivity contribution >= 4 is 5.78 Å². The summed E-state index contributed by atoms with van der Waals surface area (Å²) < 4.78 is 1.90. The number of unbranched alkanes of at least 4 members (excludes halogenated alkanes) is 2. The number of rotatable bonds is 11. The predicted molar refractivity (Wildman–Crippen MR) is 140 cm³/mol. The maximum absolute atomic E-state index is 12.9. The highest BCUT2D eigenvalue weighted by atomic mass is 16.1. The fourth-order valence-corrected chi connectivity index (χ4v) is 4.27. The number of aromatic nitrogens is 8. The highest BCUT2D eigenvalue weighted by Crippen LogP contribution is 2.29. The van der Waals surface area contributed by atoms with Gasteiger partial charge in [-0.2, -0.15) is 0 Å². The van der Waals surface area contributed by atoms with E-state index in [1.54, 1.807) is 12.4 Å². The second-order valence-corrected chi connectivity index (χ2v) is 8.91. The molecule has 5 rings (SSSR count). The minimum Gasteiger partial charge on any atom is -0.290 e. The van der Waals surface area contributed by atoms with Gasteiger partial charge in [-0.15, -0.1) is 10.2 Å². The van der Waals surface area contributed by atoms with Crippen LogP contribution in [0.4, 0.5) is 0 Å². The van der Waals surface area contributed by atoms with Gasteiger partial charge in [0.1, 0.15) is 5.82 Å². The molecular weight excluding hydrogens is 464 g/mol. The van der Waals surface area contributed by atoms with Crippen molar-refractivity contribution < 1.29 is 4.79 Å². The minimum atomic E-state index is -0.0656. The largest absolute Gasteiger partial charge is 0.290 e. The lowest BCUT2D eigenvalue weighted by Gasteiger charge is -2.09. The Morgan fingerprint density at radius 1 is 0.946 bits per heavy atom. The van der Waals surface area contributed by atoms with E-state index >= 15 is 0 Å². The monoisotopic (exact) mass is 492 g/mol. The number of ketones is 1. The molecule has 0 aliphatic rings. The summed E-state index contributed by atoms with van der Waals surface area (Å²) in [6.07, 6.45) is 7.61. The van der Waals surface area contributed by atoms with Gasteiger partial charge in [-0.25, -0.2) is 14.8 Å². The molecule has 0 aliphatic carbocycles. The Labute approximate surface area is 215 Å². The zero-order valence-electron chi connectivity index (χ0n) is 20.7. The number of carbonyl (C=O) groups is 1. The van der Waals surface area contributed by atoms with E-state index in [0.717, 1.165) is 59.4 Å². The molecule has 0 atom stereocenters. The van der Waals surface area contributed by atoms with Crippen LogP contribution in [0.1, 0.15) is 53.8 Å². The number of hydrogen-bond donors (Lipinski definition) is 1. The van der Waals surface area contributed by atoms with Gasteiger partial charge in [-0.3, -0.25) is 9.78 Å². The molecule has 0 saturated carbocycles. The van der Waals surface area contributed by atoms with Crippen LogP contribution in [0.3, 0.4) is 0 Å². The van der Waals surface area contributed by atoms with Crippen LogP contribution in [0, 0.1) is 0 Å². The van der Waals surface area contributed by atoms with Gasteiger partial charge < -0.3 is 0 Å². The Hall–Kier alpha value is -4.53. The molecule has 0 spiro atoms. The molecule has 9 heteroatoms. The maximum Gasteiger partial charge on any atom is 0.217 e. The van der Waals surface area contributed by atoms with Crippen LogP contribution in [-0.4, -0.2) is 46.2 Å². The van der Waals surface area contributed by atoms with Crippen LogP contribution in [0.2, 0.25) is 0 Å². The number of H-pyrrole nitrogens is 1. The standard InChI is InChI=1S/C28H28N8O/c1-2-3-7-16-36-26(30-28(33-36)25(37)17-20-8-5-4-6-9-20)18-21-10-12-22(13-11-21)23-14-15-29-19-24(23)27-31-34-35-32-27/h4-6,8-15,19H,2-3,7,16-18H2,1H3,(H,31,32,34,35). The van der Waals surface area contributed by atoms with Gasteiger partial charge in [-0.1, -0.05) is 74.4 Å². The molecule has 0 saturated heterocycles. The smallest absolute Gasteiger partial charge is 0.217 e. The SMILES string of the molecule is CCCCCn1nc(C(=O)Cc2ccccc2)nc1Cc1ccc(-c2ccncc2-c2nnn[nH]2)cc1. The van der Waals surface area contributed by atoms with E-state index in [1.807, 2.05) is 41.1 Å². The third-order valence-electron chi connectivity index (χ3n) is 6.23. The summed E-state index contributed by atoms with van der Waals surface area (Å²) in [5, 5.41) is 18.8. The Morgan fingerprint density at radius 2 is 1.78 bits per heavy atom. The molecule has 0 radical (unpaired) electrons. The van der Waals surface area contributed by atoms with Crippen LogP contribution in [-0.2, 0) is 19.4 Å². The lowest BCUT2D eigenvalue weighted by atomic mass is 9.99. The second kappa shape index (κ2) is 11.5. The van der Waals surface area contributed by atoms with E-state index in [0.29, 0.717) is 18.7 Å². The molecule has 0 aliphatic heterocycles. The average molecular weight is 493 g/mol. The molecule has 0 unspecified atom stereocenters. The highest BCUT2D eigenvalue weighted by Gasteiger charge is 2.17. The molecule has 3 heterocycles. The van der Waals surface area contributed by atoms with E-state index in [9.17, 15) is 4.79 Å². The average Bonchev–Trinajstić information content (AvgIpc) is 3.61. The van der Waals surface area contributed by atoms with Crippen molar-refractivity contribution in [1.82, 2.24) is 40.4 Å². The Bertz CT molecular complexity index is 1440. The number of carbonyl (C=O) groups excluding carboxylic acids is 1. The van der Waals surface area contributed by atoms with E-state index in [4.69, 9.17) is 0 Å². The minimum absolute atomic E-state index is 0.0656. The number of nitrogens with zero attached hydrogens (tertiary/aromatic N) is 7. The molecular formula is C28H28N8O. The third kappa shape index (κ3) is 5.83. The molecule has 5 aromatic rings. The topological polar surface area (TPSA) is 115 Å². The van der Waals surface area contributed by atoms with Crippen molar-refractivity contribution in [3.63, 3.8) is 0 Å². The molecule has 3 aromatic heterocycles. The molecule has 9 nitrogen and oxygen atoms in total. The van der Waals surface area contributed by atoms with Gasteiger partial charge in [0.15, 0.2) is 5.82 Å². The number of Topliss-reactive ketones (excluding diaryl/α,β-unsaturated/α-hetero) is 1. The zero-order chi connectivity index (χ0) is 25.5. The maximum atomic E-state index is 12.9. The van der Waals surface area contributed by atoms with Crippen molar-refractivity contribution in [2.24, 2.45) is 0 Å². The number of tetrazole rings is 1. The molecule has 2 aromatic carbocycles. The van der Waals surface area contributed by atoms with Crippen LogP contribution in [0.15, 0.2) is 73.1 Å². The van der Waals surface area contributed by atoms with Gasteiger partial charge >= 0.3 is 0 Å². The number of nitrogens with one attached hydrogen (secondary N) is 1. The summed E-state index contributed by atoms with van der Waals surface area (Å²) in [6.45, 7) is 2.92. The first kappa shape index (κ1) is 24.2. The normalized spacial score (nSPS) is 11.1. The van der Waals surface area contributed by atoms with E-state index in [2.05, 4.69) is 66.9 Å². The number of aromatic amines is 1. The second-order valence-electron chi connectivity index (χ2n) is 8.91. The van der Waals surface area contributed by atoms with Gasteiger partial charge in [-0.05, 0) is 45.2 Å². The molecule has 1 N–H and O–H groups in total. The summed E-state index contributed by atoms with van der Waals surface area (Å²) >= 11 is 0. The summed E-state index contributed by atoms with van der Waals surface area (Å²) in [4.78, 5) is 21.8. The first-order valence-corrected chi connectivity index (χ1v) is 12.5. The van der Waals surface area contributed by atoms with E-state index in [-0.39, 0.29) is 11.6 Å². The van der Waals surface area contributed by atoms with Crippen molar-refractivity contribution in [2.45, 2.75) is 45.6 Å². The highest BCUT2D eigenvalue weighted by molar-refractivity contribution is 5.94. The Kier molecular flexibility index (Phi) is 7.50. The van der Waals surface area contributed by atoms with Crippen molar-refractivity contribution in [2.75, 3.05) is 0 Å². The molecule has 0 amide bonds. The summed E-state index contributed by atoms with van der Waals surface area (Å²) in [5.41, 5.74) is 4.89. The van der Waals surface area contributed by atoms with Crippen LogP contribution >= 0.6 is 0 Å². The Morgan fingerprint density at radius 3 is 2.54 bits per heavy atom. The fraction of sp³-hybridized carbons (Fsp3) is 0.250. The van der Waals surface area contributed by atoms with Crippen LogP contribution in [0.5, 0.6) is 0 Å². The van der Waals surface area contributed by atoms with Gasteiger partial charge in [0.05, 0.1) is 0 Å². The lowest BCUT2D eigenvalue weighted by Crippen LogP contribution is -2.08. The van der Waals surface area contributed by atoms with Crippen molar-refractivity contribution in [3.8, 4) is 22.5 Å². The molecule has 0 fully saturated rings. The summed E-state index contributed by atoms with van der Waals surface area (Å²) in [7, 11) is 0. The first-order valence-electron chi connectivity index (χ1n) is 12.5. The molecule has 37 heavy (non-hydrogen) atoms. The Balaban J connectivity index is 1.37. The quantitative estimate of drug-likeness (QED) is 0.209. The van der Waals surface area contributed by atoms with Crippen molar-refractivity contribution in [1.29, 1.82) is 0 Å². The third-order valence-corrected chi connectivity index (χ3v) is 6.23. The van der Waals surface area contributed by atoms with E-state index in [1.165, 1.54) is 0 Å². The molecule has 0 bridgehead atoms. The van der Waals surface area contributed by atoms with Crippen LogP contribution < -0.4 is 0 Å². The van der Waals surface area contributed by atoms with Crippen molar-refractivity contribution in [3.05, 3.63) is 95.8 Å². The fourth-order valence-electron chi connectivity index (χ4n) is 4.27. The van der Waals surface area contributed by atoms with Crippen LogP contribution in [0.25, 0.3) is 22.5 Å². The first-order chi connectivity index (χ1) is 18.2. The van der Waals surface area contributed by atoms with Gasteiger partial charge in [0.2, 0.25) is 11.6 Å². The van der Waals surface area contributed by atoms with Gasteiger partial charge in [0.25, 0.3) is 0 Å². The number of hydrogen-bond acceptors (Lipinski definition) is 7. The summed E-state index contributed by atoms with van der Waals surface area (Å²) in [6, 6.07) is 20.0. The van der Waals surface area contributed by atoms with Gasteiger partial charge in [0, 0.05) is 37.3 Å². The lowest BCUT2D eigenvalue weighted by molar-refractivity contribution is 0.0982. The molecule has 186 valence electrons. The van der Waals surface area contributed by atoms with E-state index < -0.39 is 0 Å². The summed E-state index contributed by atoms with van der Waals surface area (Å²) in [5.74, 6) is 1.59. The number of pyridine rings is 1.